The minimum absolute atomic E-state index is 0.255. The van der Waals surface area contributed by atoms with Crippen molar-refractivity contribution in [3.05, 3.63) is 36.3 Å². The molecule has 7 heteroatoms. The zero-order chi connectivity index (χ0) is 12.5. The number of halogens is 3. The van der Waals surface area contributed by atoms with E-state index < -0.39 is 11.9 Å². The van der Waals surface area contributed by atoms with Crippen LogP contribution in [-0.2, 0) is 6.18 Å². The fourth-order valence-electron chi connectivity index (χ4n) is 1.37. The van der Waals surface area contributed by atoms with Gasteiger partial charge in [-0.3, -0.25) is 4.98 Å². The smallest absolute Gasteiger partial charge is 0.373 e. The van der Waals surface area contributed by atoms with Gasteiger partial charge in [0.25, 0.3) is 0 Å². The number of rotatable bonds is 2. The lowest BCUT2D eigenvalue weighted by atomic mass is 10.4. The van der Waals surface area contributed by atoms with Gasteiger partial charge in [-0.25, -0.2) is 4.68 Å². The summed E-state index contributed by atoms with van der Waals surface area (Å²) >= 11 is 0. The van der Waals surface area contributed by atoms with Gasteiger partial charge in [0.1, 0.15) is 5.82 Å². The van der Waals surface area contributed by atoms with Crippen LogP contribution in [0.1, 0.15) is 5.69 Å². The number of alkyl halides is 3. The molecule has 1 N–H and O–H groups in total. The van der Waals surface area contributed by atoms with Gasteiger partial charge in [0, 0.05) is 19.3 Å². The minimum atomic E-state index is -4.46. The fraction of sp³-hybridized carbons (Fsp3) is 0.200. The van der Waals surface area contributed by atoms with Gasteiger partial charge in [0.05, 0.1) is 11.9 Å². The quantitative estimate of drug-likeness (QED) is 0.878. The molecule has 0 radical (unpaired) electrons. The number of nitrogens with one attached hydrogen (secondary N) is 1. The molecule has 2 heterocycles. The Morgan fingerprint density at radius 2 is 2.12 bits per heavy atom. The minimum Gasteiger partial charge on any atom is -0.373 e. The third-order valence-corrected chi connectivity index (χ3v) is 2.15. The monoisotopic (exact) mass is 242 g/mol. The summed E-state index contributed by atoms with van der Waals surface area (Å²) in [4.78, 5) is 3.84. The first-order chi connectivity index (χ1) is 8.02. The van der Waals surface area contributed by atoms with E-state index in [-0.39, 0.29) is 5.82 Å². The number of hydrogen-bond donors (Lipinski definition) is 1. The Bertz CT molecular complexity index is 504. The Hall–Kier alpha value is -2.05. The molecule has 0 atom stereocenters. The van der Waals surface area contributed by atoms with E-state index in [1.807, 2.05) is 0 Å². The average molecular weight is 242 g/mol. The Morgan fingerprint density at radius 3 is 2.65 bits per heavy atom. The Kier molecular flexibility index (Phi) is 2.74. The summed E-state index contributed by atoms with van der Waals surface area (Å²) in [5.74, 6) is 0.255. The number of hydrogen-bond acceptors (Lipinski definition) is 3. The Balaban J connectivity index is 2.51. The molecule has 17 heavy (non-hydrogen) atoms. The van der Waals surface area contributed by atoms with Crippen molar-refractivity contribution in [2.24, 2.45) is 0 Å². The summed E-state index contributed by atoms with van der Waals surface area (Å²) in [6, 6.07) is 4.21. The van der Waals surface area contributed by atoms with Crippen molar-refractivity contribution in [2.45, 2.75) is 6.18 Å². The van der Waals surface area contributed by atoms with Gasteiger partial charge >= 0.3 is 6.18 Å². The third-order valence-electron chi connectivity index (χ3n) is 2.15. The van der Waals surface area contributed by atoms with E-state index in [1.54, 1.807) is 12.1 Å². The molecule has 2 rings (SSSR count). The molecule has 0 aliphatic rings. The molecule has 0 bridgehead atoms. The second-order valence-electron chi connectivity index (χ2n) is 3.29. The molecule has 90 valence electrons. The maximum Gasteiger partial charge on any atom is 0.435 e. The zero-order valence-electron chi connectivity index (χ0n) is 8.86. The van der Waals surface area contributed by atoms with Gasteiger partial charge in [-0.15, -0.1) is 0 Å². The van der Waals surface area contributed by atoms with E-state index in [1.165, 1.54) is 19.4 Å². The molecule has 0 aliphatic heterocycles. The van der Waals surface area contributed by atoms with Gasteiger partial charge in [0.2, 0.25) is 0 Å². The Labute approximate surface area is 95.1 Å². The molecule has 0 unspecified atom stereocenters. The predicted octanol–water partition coefficient (Wildman–Crippen LogP) is 2.33. The molecule has 2 aromatic heterocycles. The lowest BCUT2D eigenvalue weighted by molar-refractivity contribution is -0.141. The van der Waals surface area contributed by atoms with Crippen molar-refractivity contribution in [2.75, 3.05) is 12.4 Å². The lowest BCUT2D eigenvalue weighted by Crippen LogP contribution is -2.07. The van der Waals surface area contributed by atoms with Crippen LogP contribution in [0.2, 0.25) is 0 Å². The van der Waals surface area contributed by atoms with Crippen LogP contribution in [0, 0.1) is 0 Å². The first kappa shape index (κ1) is 11.4. The molecular formula is C10H9F3N4. The standard InChI is InChI=1S/C10H9F3N4/c1-14-9-5-8(10(11,12)13)16-17(9)7-3-2-4-15-6-7/h2-6,14H,1H3. The molecule has 0 aromatic carbocycles. The van der Waals surface area contributed by atoms with Crippen LogP contribution >= 0.6 is 0 Å². The van der Waals surface area contributed by atoms with E-state index in [4.69, 9.17) is 0 Å². The van der Waals surface area contributed by atoms with Gasteiger partial charge in [-0.2, -0.15) is 18.3 Å². The van der Waals surface area contributed by atoms with E-state index in [2.05, 4.69) is 15.4 Å². The number of pyridine rings is 1. The van der Waals surface area contributed by atoms with E-state index in [9.17, 15) is 13.2 Å². The van der Waals surface area contributed by atoms with Gasteiger partial charge in [-0.05, 0) is 12.1 Å². The highest BCUT2D eigenvalue weighted by Gasteiger charge is 2.35. The molecule has 0 amide bonds. The van der Waals surface area contributed by atoms with Crippen LogP contribution in [0.25, 0.3) is 5.69 Å². The van der Waals surface area contributed by atoms with Crippen LogP contribution < -0.4 is 5.32 Å². The van der Waals surface area contributed by atoms with Gasteiger partial charge in [0.15, 0.2) is 5.69 Å². The lowest BCUT2D eigenvalue weighted by Gasteiger charge is -2.05. The molecular weight excluding hydrogens is 233 g/mol. The van der Waals surface area contributed by atoms with Crippen molar-refractivity contribution >= 4 is 5.82 Å². The van der Waals surface area contributed by atoms with Crippen LogP contribution in [0.3, 0.4) is 0 Å². The van der Waals surface area contributed by atoms with Crippen molar-refractivity contribution in [1.82, 2.24) is 14.8 Å². The number of aromatic nitrogens is 3. The maximum atomic E-state index is 12.5. The highest BCUT2D eigenvalue weighted by atomic mass is 19.4. The average Bonchev–Trinajstić information content (AvgIpc) is 2.73. The second kappa shape index (κ2) is 4.08. The molecule has 0 saturated carbocycles. The van der Waals surface area contributed by atoms with E-state index >= 15 is 0 Å². The second-order valence-corrected chi connectivity index (χ2v) is 3.29. The first-order valence-corrected chi connectivity index (χ1v) is 4.78. The summed E-state index contributed by atoms with van der Waals surface area (Å²) in [5, 5.41) is 6.17. The normalized spacial score (nSPS) is 11.5. The fourth-order valence-corrected chi connectivity index (χ4v) is 1.37. The summed E-state index contributed by atoms with van der Waals surface area (Å²) in [6.07, 6.45) is -1.48. The summed E-state index contributed by atoms with van der Waals surface area (Å²) in [5.41, 5.74) is -0.474. The van der Waals surface area contributed by atoms with Crippen LogP contribution in [0.5, 0.6) is 0 Å². The topological polar surface area (TPSA) is 42.7 Å². The highest BCUT2D eigenvalue weighted by Crippen LogP contribution is 2.30. The predicted molar refractivity (Wildman–Crippen MR) is 55.9 cm³/mol. The highest BCUT2D eigenvalue weighted by molar-refractivity contribution is 5.45. The SMILES string of the molecule is CNc1cc(C(F)(F)F)nn1-c1cccnc1. The summed E-state index contributed by atoms with van der Waals surface area (Å²) in [7, 11) is 1.53. The third kappa shape index (κ3) is 2.22. The van der Waals surface area contributed by atoms with Crippen molar-refractivity contribution < 1.29 is 13.2 Å². The number of nitrogens with zero attached hydrogens (tertiary/aromatic N) is 3. The molecule has 0 saturated heterocycles. The van der Waals surface area contributed by atoms with Gasteiger partial charge in [-0.1, -0.05) is 0 Å². The van der Waals surface area contributed by atoms with Crippen molar-refractivity contribution in [3.63, 3.8) is 0 Å². The van der Waals surface area contributed by atoms with E-state index in [0.29, 0.717) is 5.69 Å². The van der Waals surface area contributed by atoms with Crippen LogP contribution in [-0.4, -0.2) is 21.8 Å². The Morgan fingerprint density at radius 1 is 1.35 bits per heavy atom. The first-order valence-electron chi connectivity index (χ1n) is 4.78. The maximum absolute atomic E-state index is 12.5. The summed E-state index contributed by atoms with van der Waals surface area (Å²) < 4.78 is 38.7. The van der Waals surface area contributed by atoms with Crippen LogP contribution in [0.4, 0.5) is 19.0 Å². The summed E-state index contributed by atoms with van der Waals surface area (Å²) in [6.45, 7) is 0. The molecule has 4 nitrogen and oxygen atoms in total. The molecule has 0 spiro atoms. The molecule has 0 aliphatic carbocycles. The zero-order valence-corrected chi connectivity index (χ0v) is 8.86. The van der Waals surface area contributed by atoms with Gasteiger partial charge < -0.3 is 5.32 Å². The molecule has 0 fully saturated rings. The largest absolute Gasteiger partial charge is 0.435 e. The molecule has 2 aromatic rings. The van der Waals surface area contributed by atoms with Crippen LogP contribution in [0.15, 0.2) is 30.6 Å². The number of anilines is 1. The van der Waals surface area contributed by atoms with Crippen molar-refractivity contribution in [1.29, 1.82) is 0 Å². The van der Waals surface area contributed by atoms with E-state index in [0.717, 1.165) is 10.7 Å². The van der Waals surface area contributed by atoms with Crippen molar-refractivity contribution in [3.8, 4) is 5.69 Å².